The van der Waals surface area contributed by atoms with Crippen LogP contribution in [-0.4, -0.2) is 23.1 Å². The van der Waals surface area contributed by atoms with Gasteiger partial charge < -0.3 is 0 Å². The molecule has 0 amide bonds. The summed E-state index contributed by atoms with van der Waals surface area (Å²) in [4.78, 5) is 0. The number of nitrogens with one attached hydrogen (secondary N) is 1. The summed E-state index contributed by atoms with van der Waals surface area (Å²) in [5.74, 6) is 3.34. The van der Waals surface area contributed by atoms with Gasteiger partial charge in [-0.25, -0.2) is 8.93 Å². The normalized spacial score (nSPS) is 14.7. The maximum atomic E-state index is 12.4. The lowest BCUT2D eigenvalue weighted by molar-refractivity contribution is 0.612. The van der Waals surface area contributed by atoms with Crippen LogP contribution in [0.3, 0.4) is 0 Å². The Kier molecular flexibility index (Phi) is 7.73. The number of rotatable bonds is 5. The lowest BCUT2D eigenvalue weighted by Crippen LogP contribution is -2.39. The van der Waals surface area contributed by atoms with Crippen molar-refractivity contribution in [2.45, 2.75) is 64.0 Å². The summed E-state index contributed by atoms with van der Waals surface area (Å²) >= 11 is 3.59. The van der Waals surface area contributed by atoms with Gasteiger partial charge in [-0.15, -0.1) is 5.54 Å². The van der Waals surface area contributed by atoms with E-state index in [0.29, 0.717) is 0 Å². The van der Waals surface area contributed by atoms with Gasteiger partial charge in [-0.3, -0.25) is 0 Å². The summed E-state index contributed by atoms with van der Waals surface area (Å²) < 4.78 is 16.5. The average Bonchev–Trinajstić information content (AvgIpc) is 2.41. The molecule has 0 fully saturated rings. The molecule has 0 saturated heterocycles. The molecule has 5 heteroatoms. The minimum Gasteiger partial charge on any atom is -0.242 e. The van der Waals surface area contributed by atoms with E-state index in [1.54, 1.807) is 0 Å². The predicted octanol–water partition coefficient (Wildman–Crippen LogP) is 4.68. The lowest BCUT2D eigenvalue weighted by Gasteiger charge is -2.22. The molecule has 1 aromatic carbocycles. The van der Waals surface area contributed by atoms with E-state index in [-0.39, 0.29) is 10.8 Å². The molecular formula is C18H28BrNOSSi. The number of aryl methyl sites for hydroxylation is 1. The van der Waals surface area contributed by atoms with Crippen LogP contribution in [0.4, 0.5) is 0 Å². The third kappa shape index (κ3) is 8.30. The lowest BCUT2D eigenvalue weighted by atomic mass is 10.1. The van der Waals surface area contributed by atoms with Gasteiger partial charge in [0.1, 0.15) is 8.07 Å². The first-order valence-electron chi connectivity index (χ1n) is 7.93. The van der Waals surface area contributed by atoms with E-state index in [4.69, 9.17) is 0 Å². The fourth-order valence-corrected chi connectivity index (χ4v) is 3.65. The van der Waals surface area contributed by atoms with Crippen LogP contribution in [0.15, 0.2) is 28.7 Å². The molecule has 0 spiro atoms. The molecule has 0 unspecified atom stereocenters. The zero-order valence-corrected chi connectivity index (χ0v) is 18.4. The van der Waals surface area contributed by atoms with Crippen LogP contribution in [-0.2, 0) is 17.4 Å². The molecule has 1 rings (SSSR count). The Morgan fingerprint density at radius 1 is 1.26 bits per heavy atom. The number of benzene rings is 1. The summed E-state index contributed by atoms with van der Waals surface area (Å²) in [7, 11) is -2.55. The molecule has 0 aliphatic heterocycles. The first-order chi connectivity index (χ1) is 10.5. The predicted molar refractivity (Wildman–Crippen MR) is 108 cm³/mol. The first-order valence-corrected chi connectivity index (χ1v) is 13.4. The van der Waals surface area contributed by atoms with Crippen molar-refractivity contribution in [3.05, 3.63) is 34.3 Å². The minimum atomic E-state index is -1.45. The van der Waals surface area contributed by atoms with Gasteiger partial charge in [0.2, 0.25) is 0 Å². The van der Waals surface area contributed by atoms with Crippen LogP contribution >= 0.6 is 15.9 Å². The molecule has 0 bridgehead atoms. The SMILES string of the molecule is CC(C)(C)[S@@](=O)N[C@@H](C#C[Si](C)(C)C)CCc1ccccc1Br. The topological polar surface area (TPSA) is 29.1 Å². The van der Waals surface area contributed by atoms with Crippen molar-refractivity contribution in [1.29, 1.82) is 0 Å². The van der Waals surface area contributed by atoms with Gasteiger partial charge in [-0.1, -0.05) is 59.7 Å². The van der Waals surface area contributed by atoms with Crippen LogP contribution in [0.25, 0.3) is 0 Å². The summed E-state index contributed by atoms with van der Waals surface area (Å²) in [5, 5.41) is 0. The zero-order chi connectivity index (χ0) is 17.7. The van der Waals surface area contributed by atoms with Crippen LogP contribution in [0, 0.1) is 11.5 Å². The van der Waals surface area contributed by atoms with Gasteiger partial charge in [0, 0.05) is 4.47 Å². The molecule has 128 valence electrons. The van der Waals surface area contributed by atoms with Crippen molar-refractivity contribution in [2.75, 3.05) is 0 Å². The van der Waals surface area contributed by atoms with Gasteiger partial charge >= 0.3 is 0 Å². The Hall–Kier alpha value is -0.413. The standard InChI is InChI=1S/C18H28BrNOSSi/c1-18(2,3)22(21)20-16(13-14-23(4,5)6)12-11-15-9-7-8-10-17(15)19/h7-10,16,20H,11-12H2,1-6H3/t16-,22-/m1/s1. The molecule has 0 aliphatic carbocycles. The van der Waals surface area contributed by atoms with Crippen LogP contribution in [0.1, 0.15) is 32.8 Å². The van der Waals surface area contributed by atoms with Crippen molar-refractivity contribution >= 4 is 35.0 Å². The fourth-order valence-electron chi connectivity index (χ4n) is 1.77. The highest BCUT2D eigenvalue weighted by atomic mass is 79.9. The van der Waals surface area contributed by atoms with Gasteiger partial charge in [-0.05, 0) is 45.2 Å². The maximum absolute atomic E-state index is 12.4. The molecule has 2 nitrogen and oxygen atoms in total. The van der Waals surface area contributed by atoms with Gasteiger partial charge in [0.15, 0.2) is 0 Å². The van der Waals surface area contributed by atoms with E-state index in [1.165, 1.54) is 5.56 Å². The molecular weight excluding hydrogens is 386 g/mol. The van der Waals surface area contributed by atoms with Gasteiger partial charge in [0.25, 0.3) is 0 Å². The average molecular weight is 414 g/mol. The Morgan fingerprint density at radius 2 is 1.87 bits per heavy atom. The third-order valence-electron chi connectivity index (χ3n) is 3.09. The largest absolute Gasteiger partial charge is 0.242 e. The molecule has 0 radical (unpaired) electrons. The third-order valence-corrected chi connectivity index (χ3v) is 6.37. The van der Waals surface area contributed by atoms with E-state index in [1.807, 2.05) is 32.9 Å². The maximum Gasteiger partial charge on any atom is 0.129 e. The summed E-state index contributed by atoms with van der Waals surface area (Å²) in [6, 6.07) is 8.19. The van der Waals surface area contributed by atoms with Crippen molar-refractivity contribution in [1.82, 2.24) is 4.72 Å². The second kappa shape index (κ2) is 8.62. The Balaban J connectivity index is 2.85. The fraction of sp³-hybridized carbons (Fsp3) is 0.556. The molecule has 2 atom stereocenters. The van der Waals surface area contributed by atoms with E-state index >= 15 is 0 Å². The molecule has 23 heavy (non-hydrogen) atoms. The second-order valence-corrected chi connectivity index (χ2v) is 15.3. The van der Waals surface area contributed by atoms with E-state index in [0.717, 1.165) is 17.3 Å². The highest BCUT2D eigenvalue weighted by molar-refractivity contribution is 9.10. The summed E-state index contributed by atoms with van der Waals surface area (Å²) in [6.07, 6.45) is 1.75. The zero-order valence-electron chi connectivity index (χ0n) is 15.0. The quantitative estimate of drug-likeness (QED) is 0.550. The monoisotopic (exact) mass is 413 g/mol. The molecule has 1 N–H and O–H groups in total. The number of hydrogen-bond acceptors (Lipinski definition) is 1. The summed E-state index contributed by atoms with van der Waals surface area (Å²) in [5.41, 5.74) is 4.67. The van der Waals surface area contributed by atoms with Crippen molar-refractivity contribution in [2.24, 2.45) is 0 Å². The Morgan fingerprint density at radius 3 is 2.39 bits per heavy atom. The van der Waals surface area contributed by atoms with Crippen LogP contribution in [0.2, 0.25) is 19.6 Å². The number of hydrogen-bond donors (Lipinski definition) is 1. The van der Waals surface area contributed by atoms with E-state index in [9.17, 15) is 4.21 Å². The summed E-state index contributed by atoms with van der Waals surface area (Å²) in [6.45, 7) is 12.6. The molecule has 1 aromatic rings. The smallest absolute Gasteiger partial charge is 0.129 e. The van der Waals surface area contributed by atoms with E-state index < -0.39 is 19.1 Å². The number of halogens is 1. The highest BCUT2D eigenvalue weighted by Gasteiger charge is 2.22. The van der Waals surface area contributed by atoms with Crippen LogP contribution < -0.4 is 4.72 Å². The van der Waals surface area contributed by atoms with Gasteiger partial charge in [0.05, 0.1) is 21.8 Å². The highest BCUT2D eigenvalue weighted by Crippen LogP contribution is 2.18. The van der Waals surface area contributed by atoms with Crippen molar-refractivity contribution in [3.63, 3.8) is 0 Å². The Bertz CT molecular complexity index is 608. The molecule has 0 aromatic heterocycles. The van der Waals surface area contributed by atoms with Gasteiger partial charge in [-0.2, -0.15) is 0 Å². The second-order valence-electron chi connectivity index (χ2n) is 7.70. The van der Waals surface area contributed by atoms with Crippen LogP contribution in [0.5, 0.6) is 0 Å². The van der Waals surface area contributed by atoms with E-state index in [2.05, 4.69) is 63.9 Å². The Labute approximate surface area is 153 Å². The minimum absolute atomic E-state index is 0.0473. The molecule has 0 heterocycles. The van der Waals surface area contributed by atoms with Crippen molar-refractivity contribution < 1.29 is 4.21 Å². The molecule has 0 aliphatic rings. The van der Waals surface area contributed by atoms with Crippen molar-refractivity contribution in [3.8, 4) is 11.5 Å². The first kappa shape index (κ1) is 20.6. The molecule has 0 saturated carbocycles.